The maximum Gasteiger partial charge on any atom is 0.330 e. The Morgan fingerprint density at radius 3 is 2.84 bits per heavy atom. The second-order valence-corrected chi connectivity index (χ2v) is 8.50. The Balaban J connectivity index is 1.79. The summed E-state index contributed by atoms with van der Waals surface area (Å²) in [5, 5.41) is 5.25. The first kappa shape index (κ1) is 18.3. The maximum absolute atomic E-state index is 12.3. The lowest BCUT2D eigenvalue weighted by molar-refractivity contribution is -0.218. The molecule has 1 fully saturated rings. The molecule has 25 heavy (non-hydrogen) atoms. The Morgan fingerprint density at radius 2 is 2.16 bits per heavy atom. The van der Waals surface area contributed by atoms with Crippen molar-refractivity contribution in [3.8, 4) is 11.3 Å². The summed E-state index contributed by atoms with van der Waals surface area (Å²) in [4.78, 5) is 26.8. The zero-order valence-corrected chi connectivity index (χ0v) is 16.2. The lowest BCUT2D eigenvalue weighted by atomic mass is 9.97. The van der Waals surface area contributed by atoms with Gasteiger partial charge >= 0.3 is 5.97 Å². The third kappa shape index (κ3) is 4.37. The van der Waals surface area contributed by atoms with Crippen molar-refractivity contribution < 1.29 is 9.63 Å². The second-order valence-electron chi connectivity index (χ2n) is 7.22. The Labute approximate surface area is 157 Å². The maximum atomic E-state index is 12.3. The fourth-order valence-corrected chi connectivity index (χ4v) is 3.68. The van der Waals surface area contributed by atoms with E-state index >= 15 is 0 Å². The molecule has 0 saturated carbocycles. The number of aromatic nitrogens is 2. The minimum absolute atomic E-state index is 0.0130. The van der Waals surface area contributed by atoms with Crippen LogP contribution in [0.2, 0.25) is 5.15 Å². The fraction of sp³-hybridized carbons (Fsp3) is 0.500. The van der Waals surface area contributed by atoms with Gasteiger partial charge in [-0.3, -0.25) is 0 Å². The largest absolute Gasteiger partial charge is 0.367 e. The summed E-state index contributed by atoms with van der Waals surface area (Å²) in [6.45, 7) is 6.33. The average molecular weight is 380 g/mol. The molecule has 0 N–H and O–H groups in total. The van der Waals surface area contributed by atoms with Crippen LogP contribution in [0.15, 0.2) is 23.7 Å². The number of halogens is 1. The molecular weight excluding hydrogens is 358 g/mol. The number of carbonyl (C=O) groups excluding carboxylic acids is 1. The molecule has 0 unspecified atom stereocenters. The van der Waals surface area contributed by atoms with Crippen LogP contribution in [0.3, 0.4) is 0 Å². The van der Waals surface area contributed by atoms with Crippen LogP contribution in [-0.2, 0) is 9.63 Å². The monoisotopic (exact) mass is 379 g/mol. The van der Waals surface area contributed by atoms with Gasteiger partial charge in [0, 0.05) is 23.7 Å². The van der Waals surface area contributed by atoms with Crippen molar-refractivity contribution in [1.29, 1.82) is 0 Å². The van der Waals surface area contributed by atoms with Crippen molar-refractivity contribution in [2.24, 2.45) is 5.41 Å². The number of nitrogens with zero attached hydrogens (tertiary/aromatic N) is 3. The third-order valence-corrected chi connectivity index (χ3v) is 5.27. The van der Waals surface area contributed by atoms with Gasteiger partial charge in [0.15, 0.2) is 0 Å². The van der Waals surface area contributed by atoms with E-state index in [0.29, 0.717) is 5.15 Å². The highest BCUT2D eigenvalue weighted by molar-refractivity contribution is 7.10. The van der Waals surface area contributed by atoms with Crippen LogP contribution in [0, 0.1) is 5.41 Å². The van der Waals surface area contributed by atoms with Crippen molar-refractivity contribution in [2.45, 2.75) is 46.1 Å². The number of piperidine rings is 1. The van der Waals surface area contributed by atoms with E-state index in [0.717, 1.165) is 42.1 Å². The smallest absolute Gasteiger partial charge is 0.330 e. The molecular formula is C18H22ClN3O2S. The summed E-state index contributed by atoms with van der Waals surface area (Å²) >= 11 is 7.43. The molecule has 0 bridgehead atoms. The minimum atomic E-state index is -0.523. The molecule has 1 aliphatic rings. The van der Waals surface area contributed by atoms with Gasteiger partial charge in [-0.1, -0.05) is 11.6 Å². The molecule has 2 aromatic rings. The Morgan fingerprint density at radius 1 is 1.36 bits per heavy atom. The molecule has 0 spiro atoms. The van der Waals surface area contributed by atoms with Gasteiger partial charge in [-0.2, -0.15) is 0 Å². The van der Waals surface area contributed by atoms with E-state index in [1.54, 1.807) is 28.7 Å². The molecule has 7 heteroatoms. The predicted octanol–water partition coefficient (Wildman–Crippen LogP) is 4.89. The second kappa shape index (κ2) is 7.40. The van der Waals surface area contributed by atoms with Crippen molar-refractivity contribution in [1.82, 2.24) is 15.0 Å². The van der Waals surface area contributed by atoms with E-state index in [-0.39, 0.29) is 12.0 Å². The van der Waals surface area contributed by atoms with Crippen LogP contribution in [0.5, 0.6) is 0 Å². The number of hydrogen-bond donors (Lipinski definition) is 0. The van der Waals surface area contributed by atoms with E-state index in [1.807, 2.05) is 32.2 Å². The summed E-state index contributed by atoms with van der Waals surface area (Å²) in [7, 11) is 0. The number of pyridine rings is 1. The SMILES string of the molecule is CC(C)(C)C(=O)ON1CCCC[C@@H]1c1nc(-c2ccc(Cl)nc2)cs1. The molecule has 5 nitrogen and oxygen atoms in total. The highest BCUT2D eigenvalue weighted by atomic mass is 35.5. The van der Waals surface area contributed by atoms with Crippen LogP contribution in [0.25, 0.3) is 11.3 Å². The van der Waals surface area contributed by atoms with Gasteiger partial charge < -0.3 is 4.84 Å². The standard InChI is InChI=1S/C18H22ClN3O2S/c1-18(2,3)17(23)24-22-9-5-4-6-14(22)16-21-13(11-25-16)12-7-8-15(19)20-10-12/h7-8,10-11,14H,4-6,9H2,1-3H3/t14-/m1/s1. The number of hydroxylamine groups is 2. The predicted molar refractivity (Wildman–Crippen MR) is 99.2 cm³/mol. The normalized spacial score (nSPS) is 19.0. The van der Waals surface area contributed by atoms with Crippen molar-refractivity contribution in [3.05, 3.63) is 33.9 Å². The minimum Gasteiger partial charge on any atom is -0.367 e. The Hall–Kier alpha value is -1.50. The number of thiazole rings is 1. The molecule has 0 amide bonds. The lowest BCUT2D eigenvalue weighted by Gasteiger charge is -2.34. The summed E-state index contributed by atoms with van der Waals surface area (Å²) in [5.41, 5.74) is 1.28. The van der Waals surface area contributed by atoms with E-state index in [1.165, 1.54) is 0 Å². The summed E-state index contributed by atoms with van der Waals surface area (Å²) in [6, 6.07) is 3.68. The van der Waals surface area contributed by atoms with E-state index < -0.39 is 5.41 Å². The third-order valence-electron chi connectivity index (χ3n) is 4.10. The fourth-order valence-electron chi connectivity index (χ4n) is 2.61. The summed E-state index contributed by atoms with van der Waals surface area (Å²) < 4.78 is 0. The van der Waals surface area contributed by atoms with E-state index in [2.05, 4.69) is 4.98 Å². The molecule has 0 radical (unpaired) electrons. The summed E-state index contributed by atoms with van der Waals surface area (Å²) in [5.74, 6) is -0.210. The topological polar surface area (TPSA) is 55.3 Å². The molecule has 1 atom stereocenters. The first-order chi connectivity index (χ1) is 11.8. The quantitative estimate of drug-likeness (QED) is 0.710. The molecule has 3 heterocycles. The van der Waals surface area contributed by atoms with Gasteiger partial charge in [-0.15, -0.1) is 16.4 Å². The van der Waals surface area contributed by atoms with Crippen LogP contribution < -0.4 is 0 Å². The molecule has 0 aliphatic carbocycles. The molecule has 1 saturated heterocycles. The zero-order chi connectivity index (χ0) is 18.0. The molecule has 0 aromatic carbocycles. The van der Waals surface area contributed by atoms with E-state index in [9.17, 15) is 4.79 Å². The number of hydrogen-bond acceptors (Lipinski definition) is 6. The number of carbonyl (C=O) groups is 1. The zero-order valence-electron chi connectivity index (χ0n) is 14.7. The first-order valence-corrected chi connectivity index (χ1v) is 9.67. The van der Waals surface area contributed by atoms with Gasteiger partial charge in [-0.25, -0.2) is 14.8 Å². The van der Waals surface area contributed by atoms with Crippen LogP contribution >= 0.6 is 22.9 Å². The van der Waals surface area contributed by atoms with Gasteiger partial charge in [0.05, 0.1) is 17.2 Å². The van der Waals surface area contributed by atoms with Gasteiger partial charge in [0.2, 0.25) is 0 Å². The molecule has 3 rings (SSSR count). The average Bonchev–Trinajstić information content (AvgIpc) is 3.05. The van der Waals surface area contributed by atoms with Crippen LogP contribution in [-0.4, -0.2) is 27.5 Å². The van der Waals surface area contributed by atoms with Crippen LogP contribution in [0.4, 0.5) is 0 Å². The summed E-state index contributed by atoms with van der Waals surface area (Å²) in [6.07, 6.45) is 4.78. The molecule has 2 aromatic heterocycles. The van der Waals surface area contributed by atoms with Gasteiger partial charge in [0.1, 0.15) is 10.2 Å². The van der Waals surface area contributed by atoms with Crippen molar-refractivity contribution >= 4 is 28.9 Å². The van der Waals surface area contributed by atoms with Crippen molar-refractivity contribution in [2.75, 3.05) is 6.54 Å². The van der Waals surface area contributed by atoms with E-state index in [4.69, 9.17) is 21.4 Å². The van der Waals surface area contributed by atoms with Gasteiger partial charge in [0.25, 0.3) is 0 Å². The Kier molecular flexibility index (Phi) is 5.41. The van der Waals surface area contributed by atoms with Gasteiger partial charge in [-0.05, 0) is 52.2 Å². The van der Waals surface area contributed by atoms with Crippen molar-refractivity contribution in [3.63, 3.8) is 0 Å². The van der Waals surface area contributed by atoms with Crippen LogP contribution in [0.1, 0.15) is 51.1 Å². The highest BCUT2D eigenvalue weighted by Gasteiger charge is 2.33. The first-order valence-electron chi connectivity index (χ1n) is 8.41. The lowest BCUT2D eigenvalue weighted by Crippen LogP contribution is -2.38. The molecule has 1 aliphatic heterocycles. The number of rotatable bonds is 3. The Bertz CT molecular complexity index is 740. The highest BCUT2D eigenvalue weighted by Crippen LogP contribution is 2.35. The molecule has 134 valence electrons.